The first kappa shape index (κ1) is 18.2. The van der Waals surface area contributed by atoms with Crippen LogP contribution in [0.5, 0.6) is 11.5 Å². The quantitative estimate of drug-likeness (QED) is 0.635. The Labute approximate surface area is 162 Å². The number of ether oxygens (including phenoxy) is 2. The molecule has 0 aromatic heterocycles. The molecular weight excluding hydrogens is 372 g/mol. The minimum atomic E-state index is -0.230. The molecule has 0 radical (unpaired) electrons. The summed E-state index contributed by atoms with van der Waals surface area (Å²) in [4.78, 5) is 14.3. The SMILES string of the molecule is COc1cc(/C=C2\NC(=S)N(c3cccc(C)c3)C2=O)cc(Cl)c1OC. The van der Waals surface area contributed by atoms with Crippen molar-refractivity contribution in [2.24, 2.45) is 0 Å². The van der Waals surface area contributed by atoms with Gasteiger partial charge in [0.15, 0.2) is 16.6 Å². The smallest absolute Gasteiger partial charge is 0.281 e. The fourth-order valence-electron chi connectivity index (χ4n) is 2.72. The van der Waals surface area contributed by atoms with E-state index in [-0.39, 0.29) is 5.91 Å². The van der Waals surface area contributed by atoms with Crippen LogP contribution < -0.4 is 19.7 Å². The largest absolute Gasteiger partial charge is 0.493 e. The number of methoxy groups -OCH3 is 2. The van der Waals surface area contributed by atoms with Crippen LogP contribution in [0.2, 0.25) is 5.02 Å². The van der Waals surface area contributed by atoms with Crippen LogP contribution in [0.1, 0.15) is 11.1 Å². The zero-order valence-corrected chi connectivity index (χ0v) is 16.1. The number of carbonyl (C=O) groups is 1. The number of nitrogens with zero attached hydrogens (tertiary/aromatic N) is 1. The van der Waals surface area contributed by atoms with Crippen molar-refractivity contribution in [1.82, 2.24) is 5.32 Å². The summed E-state index contributed by atoms with van der Waals surface area (Å²) in [6, 6.07) is 11.0. The van der Waals surface area contributed by atoms with E-state index in [4.69, 9.17) is 33.3 Å². The molecule has 134 valence electrons. The van der Waals surface area contributed by atoms with Crippen molar-refractivity contribution in [3.05, 3.63) is 58.2 Å². The fraction of sp³-hybridized carbons (Fsp3) is 0.158. The molecule has 7 heteroatoms. The topological polar surface area (TPSA) is 50.8 Å². The van der Waals surface area contributed by atoms with Gasteiger partial charge in [0, 0.05) is 0 Å². The Morgan fingerprint density at radius 3 is 2.62 bits per heavy atom. The number of rotatable bonds is 4. The van der Waals surface area contributed by atoms with Gasteiger partial charge in [0.1, 0.15) is 5.70 Å². The van der Waals surface area contributed by atoms with Gasteiger partial charge in [-0.2, -0.15) is 0 Å². The van der Waals surface area contributed by atoms with Crippen molar-refractivity contribution < 1.29 is 14.3 Å². The third-order valence-electron chi connectivity index (χ3n) is 3.90. The average Bonchev–Trinajstić information content (AvgIpc) is 2.88. The first-order valence-corrected chi connectivity index (χ1v) is 8.58. The highest BCUT2D eigenvalue weighted by Crippen LogP contribution is 2.36. The van der Waals surface area contributed by atoms with Crippen molar-refractivity contribution in [3.63, 3.8) is 0 Å². The lowest BCUT2D eigenvalue weighted by molar-refractivity contribution is -0.113. The highest BCUT2D eigenvalue weighted by atomic mass is 35.5. The molecule has 2 aromatic rings. The van der Waals surface area contributed by atoms with Gasteiger partial charge >= 0.3 is 0 Å². The predicted octanol–water partition coefficient (Wildman–Crippen LogP) is 3.93. The summed E-state index contributed by atoms with van der Waals surface area (Å²) in [5.41, 5.74) is 2.82. The highest BCUT2D eigenvalue weighted by Gasteiger charge is 2.32. The maximum absolute atomic E-state index is 12.8. The fourth-order valence-corrected chi connectivity index (χ4v) is 3.32. The van der Waals surface area contributed by atoms with Gasteiger partial charge in [-0.15, -0.1) is 0 Å². The van der Waals surface area contributed by atoms with E-state index in [1.54, 1.807) is 18.2 Å². The standard InChI is InChI=1S/C19H17ClN2O3S/c1-11-5-4-6-13(7-11)22-18(23)15(21-19(22)26)9-12-8-14(20)17(25-3)16(10-12)24-2/h4-10H,1-3H3,(H,21,26)/b15-9-. The number of thiocarbonyl (C=S) groups is 1. The Bertz CT molecular complexity index is 927. The molecule has 3 rings (SSSR count). The summed E-state index contributed by atoms with van der Waals surface area (Å²) in [6.45, 7) is 1.96. The number of aryl methyl sites for hydroxylation is 1. The second-order valence-corrected chi connectivity index (χ2v) is 6.50. The number of anilines is 1. The van der Waals surface area contributed by atoms with E-state index in [1.807, 2.05) is 31.2 Å². The highest BCUT2D eigenvalue weighted by molar-refractivity contribution is 7.80. The van der Waals surface area contributed by atoms with Gasteiger partial charge in [-0.25, -0.2) is 0 Å². The maximum Gasteiger partial charge on any atom is 0.281 e. The molecule has 2 aromatic carbocycles. The molecule has 1 heterocycles. The van der Waals surface area contributed by atoms with Gasteiger partial charge in [-0.3, -0.25) is 9.69 Å². The van der Waals surface area contributed by atoms with E-state index in [1.165, 1.54) is 19.1 Å². The lowest BCUT2D eigenvalue weighted by atomic mass is 10.1. The Hall–Kier alpha value is -2.57. The van der Waals surface area contributed by atoms with E-state index in [2.05, 4.69) is 5.32 Å². The van der Waals surface area contributed by atoms with Crippen LogP contribution in [0.3, 0.4) is 0 Å². The number of carbonyl (C=O) groups excluding carboxylic acids is 1. The van der Waals surface area contributed by atoms with Gasteiger partial charge in [0.25, 0.3) is 5.91 Å². The van der Waals surface area contributed by atoms with Crippen molar-refractivity contribution >= 4 is 46.6 Å². The van der Waals surface area contributed by atoms with Crippen LogP contribution in [0.4, 0.5) is 5.69 Å². The zero-order valence-electron chi connectivity index (χ0n) is 14.5. The molecule has 1 saturated heterocycles. The average molecular weight is 389 g/mol. The van der Waals surface area contributed by atoms with E-state index >= 15 is 0 Å². The second kappa shape index (κ2) is 7.35. The van der Waals surface area contributed by atoms with Crippen molar-refractivity contribution in [2.75, 3.05) is 19.1 Å². The van der Waals surface area contributed by atoms with Crippen LogP contribution in [-0.4, -0.2) is 25.2 Å². The summed E-state index contributed by atoms with van der Waals surface area (Å²) < 4.78 is 10.5. The molecule has 1 N–H and O–H groups in total. The van der Waals surface area contributed by atoms with E-state index in [0.29, 0.717) is 32.9 Å². The normalized spacial score (nSPS) is 15.4. The number of benzene rings is 2. The molecule has 1 aliphatic heterocycles. The van der Waals surface area contributed by atoms with E-state index in [9.17, 15) is 4.79 Å². The molecule has 1 amide bonds. The number of amides is 1. The maximum atomic E-state index is 12.8. The molecule has 0 saturated carbocycles. The second-order valence-electron chi connectivity index (χ2n) is 5.71. The van der Waals surface area contributed by atoms with Gasteiger partial charge in [-0.05, 0) is 60.6 Å². The Kier molecular flexibility index (Phi) is 5.15. The Morgan fingerprint density at radius 2 is 1.96 bits per heavy atom. The van der Waals surface area contributed by atoms with Gasteiger partial charge in [-0.1, -0.05) is 23.7 Å². The summed E-state index contributed by atoms with van der Waals surface area (Å²) in [5, 5.41) is 3.68. The minimum absolute atomic E-state index is 0.230. The van der Waals surface area contributed by atoms with E-state index in [0.717, 1.165) is 11.3 Å². The van der Waals surface area contributed by atoms with Crippen molar-refractivity contribution in [1.29, 1.82) is 0 Å². The first-order valence-electron chi connectivity index (χ1n) is 7.80. The molecule has 1 fully saturated rings. The number of nitrogens with one attached hydrogen (secondary N) is 1. The van der Waals surface area contributed by atoms with Gasteiger partial charge < -0.3 is 14.8 Å². The van der Waals surface area contributed by atoms with Gasteiger partial charge in [0.05, 0.1) is 24.9 Å². The molecule has 5 nitrogen and oxygen atoms in total. The van der Waals surface area contributed by atoms with Crippen LogP contribution in [0, 0.1) is 6.92 Å². The molecule has 0 spiro atoms. The zero-order chi connectivity index (χ0) is 18.8. The first-order chi connectivity index (χ1) is 12.4. The van der Waals surface area contributed by atoms with Gasteiger partial charge in [0.2, 0.25) is 0 Å². The summed E-state index contributed by atoms with van der Waals surface area (Å²) >= 11 is 11.6. The molecule has 0 unspecified atom stereocenters. The molecule has 0 bridgehead atoms. The van der Waals surface area contributed by atoms with Crippen LogP contribution >= 0.6 is 23.8 Å². The number of hydrogen-bond donors (Lipinski definition) is 1. The summed E-state index contributed by atoms with van der Waals surface area (Å²) in [7, 11) is 3.04. The van der Waals surface area contributed by atoms with Crippen LogP contribution in [-0.2, 0) is 4.79 Å². The van der Waals surface area contributed by atoms with Crippen LogP contribution in [0.15, 0.2) is 42.1 Å². The lowest BCUT2D eigenvalue weighted by Gasteiger charge is -2.14. The third kappa shape index (κ3) is 3.38. The minimum Gasteiger partial charge on any atom is -0.493 e. The monoisotopic (exact) mass is 388 g/mol. The Morgan fingerprint density at radius 1 is 1.19 bits per heavy atom. The third-order valence-corrected chi connectivity index (χ3v) is 4.47. The Balaban J connectivity index is 1.97. The molecule has 26 heavy (non-hydrogen) atoms. The lowest BCUT2D eigenvalue weighted by Crippen LogP contribution is -2.30. The number of hydrogen-bond acceptors (Lipinski definition) is 4. The predicted molar refractivity (Wildman–Crippen MR) is 107 cm³/mol. The van der Waals surface area contributed by atoms with E-state index < -0.39 is 0 Å². The molecular formula is C19H17ClN2O3S. The molecule has 0 aliphatic carbocycles. The van der Waals surface area contributed by atoms with Crippen LogP contribution in [0.25, 0.3) is 6.08 Å². The summed E-state index contributed by atoms with van der Waals surface area (Å²) in [5.74, 6) is 0.695. The molecule has 1 aliphatic rings. The number of halogens is 1. The summed E-state index contributed by atoms with van der Waals surface area (Å²) in [6.07, 6.45) is 1.68. The van der Waals surface area contributed by atoms with Crippen molar-refractivity contribution in [3.8, 4) is 11.5 Å². The molecule has 0 atom stereocenters. The van der Waals surface area contributed by atoms with Crippen molar-refractivity contribution in [2.45, 2.75) is 6.92 Å².